The number of carbonyl (C=O) groups excluding carboxylic acids is 1. The average Bonchev–Trinajstić information content (AvgIpc) is 3.46. The maximum absolute atomic E-state index is 9.77. The molecule has 0 spiro atoms. The van der Waals surface area contributed by atoms with Crippen molar-refractivity contribution in [3.63, 3.8) is 0 Å². The van der Waals surface area contributed by atoms with Crippen LogP contribution in [0.4, 0.5) is 0 Å². The van der Waals surface area contributed by atoms with Gasteiger partial charge in [-0.3, -0.25) is 15.3 Å². The van der Waals surface area contributed by atoms with Crippen LogP contribution in [0.3, 0.4) is 0 Å². The number of aromatic nitrogens is 1. The molecular formula is C20H27Br2ClN4O6. The number of hydrogen-bond acceptors (Lipinski definition) is 9. The number of rotatable bonds is 2. The van der Waals surface area contributed by atoms with Crippen LogP contribution in [0, 0.1) is 22.7 Å². The highest BCUT2D eigenvalue weighted by atomic mass is 79.9. The molecular weight excluding hydrogens is 588 g/mol. The lowest BCUT2D eigenvalue weighted by Gasteiger charge is -1.97. The van der Waals surface area contributed by atoms with E-state index in [0.717, 1.165) is 0 Å². The molecule has 0 aliphatic carbocycles. The Balaban J connectivity index is -0.000000110. The van der Waals surface area contributed by atoms with Gasteiger partial charge in [0, 0.05) is 0 Å². The number of hydrogen-bond donors (Lipinski definition) is 4. The third-order valence-corrected chi connectivity index (χ3v) is 3.73. The van der Waals surface area contributed by atoms with E-state index in [1.165, 1.54) is 12.5 Å². The molecule has 0 aliphatic heterocycles. The lowest BCUT2D eigenvalue weighted by molar-refractivity contribution is -0.409. The Morgan fingerprint density at radius 3 is 2.00 bits per heavy atom. The standard InChI is InChI=1S/C6H2Br2N2O.C6H6N2O.C5H4O2.3CH4.ClH.H2O2/c7-3-1-5(8)10-4(2-9)6(3)11;7-4-5(8)6-2-1-3-9-6;6-4-5-2-1-3-7-5;;;;;1-2/h1,11H;1-3,5H,8H2;1-4H;3*1H4;1H;1-2H. The van der Waals surface area contributed by atoms with E-state index >= 15 is 0 Å². The fourth-order valence-corrected chi connectivity index (χ4v) is 2.59. The van der Waals surface area contributed by atoms with Gasteiger partial charge in [0.25, 0.3) is 0 Å². The molecule has 6 N–H and O–H groups in total. The van der Waals surface area contributed by atoms with Gasteiger partial charge in [0.05, 0.1) is 17.0 Å². The van der Waals surface area contributed by atoms with E-state index in [-0.39, 0.29) is 52.2 Å². The molecule has 184 valence electrons. The van der Waals surface area contributed by atoms with Crippen molar-refractivity contribution in [1.29, 1.82) is 10.5 Å². The molecule has 0 aliphatic rings. The number of halogens is 3. The molecule has 0 fully saturated rings. The molecule has 3 heterocycles. The minimum atomic E-state index is -0.375. The van der Waals surface area contributed by atoms with E-state index in [1.54, 1.807) is 36.4 Å². The van der Waals surface area contributed by atoms with Crippen molar-refractivity contribution >= 4 is 38.1 Å². The summed E-state index contributed by atoms with van der Waals surface area (Å²) in [5, 5.41) is 38.0. The van der Waals surface area contributed by atoms with Gasteiger partial charge in [-0.25, -0.2) is 4.98 Å². The van der Waals surface area contributed by atoms with Gasteiger partial charge in [-0.15, -0.1) is 0 Å². The zero-order valence-corrected chi connectivity index (χ0v) is 18.9. The van der Waals surface area contributed by atoms with Crippen LogP contribution in [0.5, 0.6) is 5.75 Å². The van der Waals surface area contributed by atoms with Gasteiger partial charge in [-0.2, -0.15) is 10.5 Å². The molecule has 0 aromatic carbocycles. The highest BCUT2D eigenvalue weighted by Gasteiger charge is 2.09. The van der Waals surface area contributed by atoms with Crippen molar-refractivity contribution < 1.29 is 47.4 Å². The van der Waals surface area contributed by atoms with Crippen LogP contribution in [0.25, 0.3) is 0 Å². The zero-order chi connectivity index (χ0) is 22.2. The second kappa shape index (κ2) is 23.9. The van der Waals surface area contributed by atoms with Crippen LogP contribution in [-0.4, -0.2) is 26.9 Å². The summed E-state index contributed by atoms with van der Waals surface area (Å²) in [6, 6.07) is 11.7. The van der Waals surface area contributed by atoms with Crippen molar-refractivity contribution in [2.45, 2.75) is 28.3 Å². The molecule has 0 bridgehead atoms. The minimum absolute atomic E-state index is 0. The lowest BCUT2D eigenvalue weighted by Crippen LogP contribution is -3.00. The number of nitrogens with zero attached hydrogens (tertiary/aromatic N) is 3. The van der Waals surface area contributed by atoms with E-state index in [0.29, 0.717) is 26.9 Å². The molecule has 0 amide bonds. The molecule has 0 saturated carbocycles. The molecule has 13 heteroatoms. The fraction of sp³-hybridized carbons (Fsp3) is 0.200. The van der Waals surface area contributed by atoms with Gasteiger partial charge in [-0.05, 0) is 62.2 Å². The van der Waals surface area contributed by atoms with Gasteiger partial charge in [0.15, 0.2) is 29.3 Å². The molecule has 0 saturated heterocycles. The molecule has 3 rings (SSSR count). The summed E-state index contributed by atoms with van der Waals surface area (Å²) in [6.45, 7) is 0. The maximum atomic E-state index is 9.77. The van der Waals surface area contributed by atoms with Crippen LogP contribution in [0.2, 0.25) is 0 Å². The van der Waals surface area contributed by atoms with Crippen molar-refractivity contribution in [1.82, 2.24) is 4.98 Å². The summed E-state index contributed by atoms with van der Waals surface area (Å²) in [5.41, 5.74) is 3.55. The smallest absolute Gasteiger partial charge is 0.229 e. The van der Waals surface area contributed by atoms with E-state index in [1.807, 2.05) is 6.07 Å². The predicted octanol–water partition coefficient (Wildman–Crippen LogP) is 2.29. The molecule has 1 unspecified atom stereocenters. The Morgan fingerprint density at radius 1 is 1.09 bits per heavy atom. The summed E-state index contributed by atoms with van der Waals surface area (Å²) in [6.07, 6.45) is 3.66. The first kappa shape index (κ1) is 40.6. The van der Waals surface area contributed by atoms with Crippen molar-refractivity contribution in [2.75, 3.05) is 0 Å². The van der Waals surface area contributed by atoms with Crippen LogP contribution in [0.15, 0.2) is 60.8 Å². The van der Waals surface area contributed by atoms with E-state index in [9.17, 15) is 4.79 Å². The van der Waals surface area contributed by atoms with Crippen LogP contribution >= 0.6 is 31.9 Å². The topological polar surface area (TPSA) is 192 Å². The Hall–Kier alpha value is -2.71. The normalized spacial score (nSPS) is 8.45. The van der Waals surface area contributed by atoms with Gasteiger partial charge in [0.2, 0.25) is 6.04 Å². The Kier molecular flexibility index (Phi) is 29.5. The summed E-state index contributed by atoms with van der Waals surface area (Å²) in [5.74, 6) is 0.869. The van der Waals surface area contributed by atoms with E-state index in [4.69, 9.17) is 30.6 Å². The zero-order valence-electron chi connectivity index (χ0n) is 14.9. The quantitative estimate of drug-likeness (QED) is 0.145. The van der Waals surface area contributed by atoms with Crippen LogP contribution < -0.4 is 18.1 Å². The number of quaternary nitrogens is 1. The summed E-state index contributed by atoms with van der Waals surface area (Å²) < 4.78 is 10.5. The van der Waals surface area contributed by atoms with Crippen LogP contribution in [0.1, 0.15) is 50.3 Å². The number of carbonyl (C=O) groups is 1. The summed E-state index contributed by atoms with van der Waals surface area (Å²) in [7, 11) is 0. The largest absolute Gasteiger partial charge is 1.00 e. The number of aromatic hydroxyl groups is 1. The maximum Gasteiger partial charge on any atom is 0.229 e. The highest BCUT2D eigenvalue weighted by Crippen LogP contribution is 2.28. The molecule has 33 heavy (non-hydrogen) atoms. The highest BCUT2D eigenvalue weighted by molar-refractivity contribution is 9.11. The van der Waals surface area contributed by atoms with E-state index in [2.05, 4.69) is 47.0 Å². The van der Waals surface area contributed by atoms with Gasteiger partial charge < -0.3 is 32.1 Å². The van der Waals surface area contributed by atoms with Gasteiger partial charge in [-0.1, -0.05) is 22.3 Å². The van der Waals surface area contributed by atoms with Crippen molar-refractivity contribution in [3.8, 4) is 17.9 Å². The fourth-order valence-electron chi connectivity index (χ4n) is 1.47. The first-order valence-corrected chi connectivity index (χ1v) is 8.91. The first-order valence-electron chi connectivity index (χ1n) is 7.32. The Bertz CT molecular complexity index is 943. The summed E-state index contributed by atoms with van der Waals surface area (Å²) >= 11 is 6.15. The second-order valence-corrected chi connectivity index (χ2v) is 6.23. The third kappa shape index (κ3) is 15.7. The van der Waals surface area contributed by atoms with Crippen molar-refractivity contribution in [2.24, 2.45) is 0 Å². The molecule has 3 aromatic rings. The predicted molar refractivity (Wildman–Crippen MR) is 126 cm³/mol. The average molecular weight is 615 g/mol. The molecule has 1 atom stereocenters. The Morgan fingerprint density at radius 2 is 1.64 bits per heavy atom. The van der Waals surface area contributed by atoms with E-state index < -0.39 is 0 Å². The lowest BCUT2D eigenvalue weighted by atomic mass is 10.3. The first-order chi connectivity index (χ1) is 13.9. The van der Waals surface area contributed by atoms with Crippen molar-refractivity contribution in [3.05, 3.63) is 69.1 Å². The SMILES string of the molecule is C.C.C.N#CC([NH3+])c1ccco1.N#Cc1nc(Br)cc(Br)c1O.O=Cc1ccco1.OO.[Cl-]. The summed E-state index contributed by atoms with van der Waals surface area (Å²) in [4.78, 5) is 13.5. The van der Waals surface area contributed by atoms with Gasteiger partial charge >= 0.3 is 0 Å². The number of nitriles is 2. The van der Waals surface area contributed by atoms with Crippen LogP contribution in [-0.2, 0) is 0 Å². The Labute approximate surface area is 215 Å². The third-order valence-electron chi connectivity index (χ3n) is 2.72. The molecule has 0 radical (unpaired) electrons. The van der Waals surface area contributed by atoms with Gasteiger partial charge in [0.1, 0.15) is 16.7 Å². The number of aldehydes is 1. The minimum Gasteiger partial charge on any atom is -1.00 e. The molecule has 3 aromatic heterocycles. The second-order valence-electron chi connectivity index (χ2n) is 4.57. The number of furan rings is 2. The monoisotopic (exact) mass is 612 g/mol. The number of pyridine rings is 1. The molecule has 10 nitrogen and oxygen atoms in total.